The molecule has 1 N–H and O–H groups in total. The molecule has 2 rings (SSSR count). The van der Waals surface area contributed by atoms with Gasteiger partial charge in [0.2, 0.25) is 12.0 Å². The smallest absolute Gasteiger partial charge is 0.214 e. The first kappa shape index (κ1) is 9.90. The van der Waals surface area contributed by atoms with Gasteiger partial charge in [0.15, 0.2) is 0 Å². The Bertz CT molecular complexity index is 343. The maximum atomic E-state index is 8.94. The van der Waals surface area contributed by atoms with Crippen molar-refractivity contribution in [1.82, 2.24) is 10.3 Å². The van der Waals surface area contributed by atoms with Gasteiger partial charge in [0.05, 0.1) is 6.73 Å². The summed E-state index contributed by atoms with van der Waals surface area (Å²) in [6.45, 7) is 1.10. The second kappa shape index (κ2) is 4.73. The summed E-state index contributed by atoms with van der Waals surface area (Å²) in [5.41, 5.74) is 0. The van der Waals surface area contributed by atoms with Crippen LogP contribution >= 0.6 is 0 Å². The van der Waals surface area contributed by atoms with Gasteiger partial charge in [-0.3, -0.25) is 5.32 Å². The quantitative estimate of drug-likeness (QED) is 0.768. The Balaban J connectivity index is 2.00. The number of nitriles is 1. The van der Waals surface area contributed by atoms with E-state index in [-0.39, 0.29) is 6.10 Å². The molecule has 5 heteroatoms. The van der Waals surface area contributed by atoms with Gasteiger partial charge in [0.25, 0.3) is 0 Å². The van der Waals surface area contributed by atoms with Crippen molar-refractivity contribution in [1.29, 1.82) is 5.26 Å². The minimum Gasteiger partial charge on any atom is -0.456 e. The van der Waals surface area contributed by atoms with Crippen LogP contribution in [0.15, 0.2) is 24.4 Å². The lowest BCUT2D eigenvalue weighted by Gasteiger charge is -2.16. The molecule has 2 atom stereocenters. The molecule has 1 aromatic rings. The minimum absolute atomic E-state index is 0.225. The van der Waals surface area contributed by atoms with Crippen LogP contribution in [-0.2, 0) is 4.74 Å². The second-order valence-corrected chi connectivity index (χ2v) is 3.14. The molecule has 0 radical (unpaired) electrons. The highest BCUT2D eigenvalue weighted by Gasteiger charge is 2.27. The summed E-state index contributed by atoms with van der Waals surface area (Å²) in [4.78, 5) is 3.99. The monoisotopic (exact) mass is 205 g/mol. The predicted molar refractivity (Wildman–Crippen MR) is 52.0 cm³/mol. The molecule has 78 valence electrons. The van der Waals surface area contributed by atoms with E-state index < -0.39 is 6.10 Å². The Morgan fingerprint density at radius 3 is 3.20 bits per heavy atom. The number of pyridine rings is 1. The molecule has 1 fully saturated rings. The average molecular weight is 205 g/mol. The van der Waals surface area contributed by atoms with E-state index in [1.165, 1.54) is 0 Å². The van der Waals surface area contributed by atoms with Crippen molar-refractivity contribution in [2.24, 2.45) is 0 Å². The lowest BCUT2D eigenvalue weighted by atomic mass is 10.2. The summed E-state index contributed by atoms with van der Waals surface area (Å²) in [6, 6.07) is 7.38. The third-order valence-electron chi connectivity index (χ3n) is 2.10. The third-order valence-corrected chi connectivity index (χ3v) is 2.10. The maximum absolute atomic E-state index is 8.94. The van der Waals surface area contributed by atoms with Gasteiger partial charge in [-0.05, 0) is 6.07 Å². The van der Waals surface area contributed by atoms with Crippen molar-refractivity contribution in [2.45, 2.75) is 12.2 Å². The molecule has 0 amide bonds. The van der Waals surface area contributed by atoms with Crippen LogP contribution in [0.5, 0.6) is 5.88 Å². The molecule has 0 aliphatic carbocycles. The molecule has 0 aromatic carbocycles. The molecular formula is C10H11N3O2. The zero-order chi connectivity index (χ0) is 10.5. The van der Waals surface area contributed by atoms with Crippen LogP contribution in [0.1, 0.15) is 0 Å². The molecule has 1 aliphatic rings. The third kappa shape index (κ3) is 2.43. The van der Waals surface area contributed by atoms with E-state index in [2.05, 4.69) is 16.4 Å². The molecule has 1 saturated heterocycles. The fourth-order valence-corrected chi connectivity index (χ4v) is 1.35. The Hall–Kier alpha value is -1.64. The Morgan fingerprint density at radius 2 is 2.60 bits per heavy atom. The predicted octanol–water partition coefficient (Wildman–Crippen LogP) is 0.298. The van der Waals surface area contributed by atoms with Gasteiger partial charge in [0, 0.05) is 18.8 Å². The first-order valence-electron chi connectivity index (χ1n) is 4.70. The van der Waals surface area contributed by atoms with Crippen molar-refractivity contribution in [2.75, 3.05) is 13.3 Å². The summed E-state index contributed by atoms with van der Waals surface area (Å²) in [7, 11) is 0. The van der Waals surface area contributed by atoms with Crippen molar-refractivity contribution in [3.63, 3.8) is 0 Å². The highest BCUT2D eigenvalue weighted by Crippen LogP contribution is 2.12. The van der Waals surface area contributed by atoms with E-state index in [0.29, 0.717) is 19.2 Å². The SMILES string of the molecule is N#CC(Oc1ccccn1)C1CNCO1. The van der Waals surface area contributed by atoms with Gasteiger partial charge in [-0.1, -0.05) is 6.07 Å². The zero-order valence-corrected chi connectivity index (χ0v) is 8.09. The maximum Gasteiger partial charge on any atom is 0.214 e. The molecule has 1 aliphatic heterocycles. The average Bonchev–Trinajstić information content (AvgIpc) is 2.81. The Kier molecular flexibility index (Phi) is 3.12. The van der Waals surface area contributed by atoms with Crippen LogP contribution in [0.2, 0.25) is 0 Å². The van der Waals surface area contributed by atoms with Crippen LogP contribution < -0.4 is 10.1 Å². The lowest BCUT2D eigenvalue weighted by Crippen LogP contribution is -2.33. The fourth-order valence-electron chi connectivity index (χ4n) is 1.35. The summed E-state index contributed by atoms with van der Waals surface area (Å²) in [5, 5.41) is 11.9. The molecule has 0 bridgehead atoms. The van der Waals surface area contributed by atoms with Crippen LogP contribution in [0.3, 0.4) is 0 Å². The topological polar surface area (TPSA) is 67.2 Å². The molecule has 2 unspecified atom stereocenters. The van der Waals surface area contributed by atoms with E-state index in [0.717, 1.165) is 0 Å². The highest BCUT2D eigenvalue weighted by molar-refractivity contribution is 5.12. The Morgan fingerprint density at radius 1 is 1.67 bits per heavy atom. The van der Waals surface area contributed by atoms with Crippen molar-refractivity contribution >= 4 is 0 Å². The van der Waals surface area contributed by atoms with Gasteiger partial charge in [-0.2, -0.15) is 5.26 Å². The largest absolute Gasteiger partial charge is 0.456 e. The van der Waals surface area contributed by atoms with Gasteiger partial charge in [0.1, 0.15) is 12.2 Å². The van der Waals surface area contributed by atoms with E-state index in [1.54, 1.807) is 18.3 Å². The van der Waals surface area contributed by atoms with E-state index in [9.17, 15) is 0 Å². The van der Waals surface area contributed by atoms with Crippen molar-refractivity contribution in [3.05, 3.63) is 24.4 Å². The van der Waals surface area contributed by atoms with Gasteiger partial charge < -0.3 is 9.47 Å². The first-order chi connectivity index (χ1) is 7.40. The van der Waals surface area contributed by atoms with Crippen molar-refractivity contribution in [3.8, 4) is 11.9 Å². The summed E-state index contributed by atoms with van der Waals surface area (Å²) in [5.74, 6) is 0.444. The molecule has 0 saturated carbocycles. The fraction of sp³-hybridized carbons (Fsp3) is 0.400. The van der Waals surface area contributed by atoms with Crippen LogP contribution in [0, 0.1) is 11.3 Å². The molecule has 1 aromatic heterocycles. The number of nitrogens with one attached hydrogen (secondary N) is 1. The second-order valence-electron chi connectivity index (χ2n) is 3.14. The van der Waals surface area contributed by atoms with Gasteiger partial charge in [-0.25, -0.2) is 4.98 Å². The number of hydrogen-bond acceptors (Lipinski definition) is 5. The number of ether oxygens (including phenoxy) is 2. The number of nitrogens with zero attached hydrogens (tertiary/aromatic N) is 2. The molecule has 5 nitrogen and oxygen atoms in total. The van der Waals surface area contributed by atoms with Gasteiger partial charge >= 0.3 is 0 Å². The van der Waals surface area contributed by atoms with Crippen molar-refractivity contribution < 1.29 is 9.47 Å². The van der Waals surface area contributed by atoms with E-state index >= 15 is 0 Å². The molecule has 15 heavy (non-hydrogen) atoms. The Labute approximate surface area is 87.6 Å². The number of hydrogen-bond donors (Lipinski definition) is 1. The molecular weight excluding hydrogens is 194 g/mol. The highest BCUT2D eigenvalue weighted by atomic mass is 16.6. The normalized spacial score (nSPS) is 21.9. The first-order valence-corrected chi connectivity index (χ1v) is 4.70. The van der Waals surface area contributed by atoms with Crippen LogP contribution in [0.25, 0.3) is 0 Å². The minimum atomic E-state index is -0.616. The summed E-state index contributed by atoms with van der Waals surface area (Å²) in [6.07, 6.45) is 0.782. The van der Waals surface area contributed by atoms with Crippen LogP contribution in [-0.4, -0.2) is 30.5 Å². The molecule has 2 heterocycles. The number of aromatic nitrogens is 1. The zero-order valence-electron chi connectivity index (χ0n) is 8.09. The summed E-state index contributed by atoms with van der Waals surface area (Å²) < 4.78 is 10.7. The summed E-state index contributed by atoms with van der Waals surface area (Å²) >= 11 is 0. The number of rotatable bonds is 3. The standard InChI is InChI=1S/C10H11N3O2/c11-5-8(9-6-12-7-14-9)15-10-3-1-2-4-13-10/h1-4,8-9,12H,6-7H2. The van der Waals surface area contributed by atoms with Gasteiger partial charge in [-0.15, -0.1) is 0 Å². The van der Waals surface area contributed by atoms with Crippen LogP contribution in [0.4, 0.5) is 0 Å². The van der Waals surface area contributed by atoms with E-state index in [1.807, 2.05) is 6.07 Å². The molecule has 0 spiro atoms. The lowest BCUT2D eigenvalue weighted by molar-refractivity contribution is 0.0403. The van der Waals surface area contributed by atoms with E-state index in [4.69, 9.17) is 14.7 Å².